The Labute approximate surface area is 122 Å². The zero-order valence-corrected chi connectivity index (χ0v) is 12.6. The molecule has 2 aromatic rings. The summed E-state index contributed by atoms with van der Waals surface area (Å²) in [6.07, 6.45) is 0. The highest BCUT2D eigenvalue weighted by Crippen LogP contribution is 2.20. The fourth-order valence-electron chi connectivity index (χ4n) is 2.16. The number of nitrogens with one attached hydrogen (secondary N) is 2. The van der Waals surface area contributed by atoms with Gasteiger partial charge in [-0.15, -0.1) is 0 Å². The predicted octanol–water partition coefficient (Wildman–Crippen LogP) is 3.57. The van der Waals surface area contributed by atoms with Crippen molar-refractivity contribution in [3.63, 3.8) is 0 Å². The summed E-state index contributed by atoms with van der Waals surface area (Å²) in [4.78, 5) is 0. The lowest BCUT2D eigenvalue weighted by atomic mass is 10.0. The van der Waals surface area contributed by atoms with Crippen molar-refractivity contribution in [2.24, 2.45) is 0 Å². The lowest BCUT2D eigenvalue weighted by Gasteiger charge is -2.09. The van der Waals surface area contributed by atoms with E-state index in [1.807, 2.05) is 7.05 Å². The van der Waals surface area contributed by atoms with E-state index in [0.29, 0.717) is 6.04 Å². The van der Waals surface area contributed by atoms with Crippen molar-refractivity contribution in [1.29, 1.82) is 0 Å². The summed E-state index contributed by atoms with van der Waals surface area (Å²) >= 11 is 0. The highest BCUT2D eigenvalue weighted by atomic mass is 14.9. The first-order chi connectivity index (χ1) is 9.69. The third-order valence-electron chi connectivity index (χ3n) is 3.34. The lowest BCUT2D eigenvalue weighted by Crippen LogP contribution is -2.21. The summed E-state index contributed by atoms with van der Waals surface area (Å²) in [5.41, 5.74) is 5.19. The maximum Gasteiger partial charge on any atom is 0.0207 e. The molecule has 2 heteroatoms. The van der Waals surface area contributed by atoms with E-state index in [-0.39, 0.29) is 0 Å². The Morgan fingerprint density at radius 3 is 1.60 bits per heavy atom. The molecule has 0 aliphatic rings. The second-order valence-corrected chi connectivity index (χ2v) is 5.46. The molecule has 0 aliphatic carbocycles. The first-order valence-corrected chi connectivity index (χ1v) is 7.25. The van der Waals surface area contributed by atoms with Crippen LogP contribution in [0.3, 0.4) is 0 Å². The first kappa shape index (κ1) is 14.8. The number of rotatable bonds is 6. The zero-order chi connectivity index (χ0) is 14.4. The molecule has 2 nitrogen and oxygen atoms in total. The minimum absolute atomic E-state index is 0.523. The van der Waals surface area contributed by atoms with E-state index in [1.165, 1.54) is 22.3 Å². The third-order valence-corrected chi connectivity index (χ3v) is 3.34. The third kappa shape index (κ3) is 4.19. The molecule has 0 radical (unpaired) electrons. The molecule has 20 heavy (non-hydrogen) atoms. The zero-order valence-electron chi connectivity index (χ0n) is 12.6. The summed E-state index contributed by atoms with van der Waals surface area (Å²) in [6.45, 7) is 6.18. The van der Waals surface area contributed by atoms with Crippen molar-refractivity contribution < 1.29 is 0 Å². The first-order valence-electron chi connectivity index (χ1n) is 7.25. The molecular formula is C18H24N2. The summed E-state index contributed by atoms with van der Waals surface area (Å²) < 4.78 is 0. The van der Waals surface area contributed by atoms with Crippen LogP contribution >= 0.6 is 0 Å². The molecule has 106 valence electrons. The molecule has 0 aliphatic heterocycles. The Kier molecular flexibility index (Phi) is 5.33. The molecule has 0 amide bonds. The van der Waals surface area contributed by atoms with E-state index in [0.717, 1.165) is 13.1 Å². The minimum atomic E-state index is 0.523. The van der Waals surface area contributed by atoms with E-state index in [4.69, 9.17) is 0 Å². The molecule has 0 atom stereocenters. The highest BCUT2D eigenvalue weighted by Gasteiger charge is 2.00. The SMILES string of the molecule is CNCc1ccc(-c2ccc(CNC(C)C)cc2)cc1. The average Bonchev–Trinajstić information content (AvgIpc) is 2.47. The maximum atomic E-state index is 3.44. The van der Waals surface area contributed by atoms with E-state index in [9.17, 15) is 0 Å². The monoisotopic (exact) mass is 268 g/mol. The fraction of sp³-hybridized carbons (Fsp3) is 0.333. The van der Waals surface area contributed by atoms with E-state index in [2.05, 4.69) is 73.0 Å². The fourth-order valence-corrected chi connectivity index (χ4v) is 2.16. The minimum Gasteiger partial charge on any atom is -0.316 e. The Hall–Kier alpha value is -1.64. The maximum absolute atomic E-state index is 3.44. The van der Waals surface area contributed by atoms with Gasteiger partial charge in [0, 0.05) is 19.1 Å². The van der Waals surface area contributed by atoms with Crippen LogP contribution in [0.25, 0.3) is 11.1 Å². The van der Waals surface area contributed by atoms with Crippen LogP contribution in [0, 0.1) is 0 Å². The Bertz CT molecular complexity index is 512. The van der Waals surface area contributed by atoms with Gasteiger partial charge in [-0.3, -0.25) is 0 Å². The average molecular weight is 268 g/mol. The summed E-state index contributed by atoms with van der Waals surface area (Å²) in [7, 11) is 1.97. The Morgan fingerprint density at radius 2 is 1.20 bits per heavy atom. The molecule has 2 rings (SSSR count). The van der Waals surface area contributed by atoms with Crippen molar-refractivity contribution in [2.45, 2.75) is 33.0 Å². The normalized spacial score (nSPS) is 11.0. The van der Waals surface area contributed by atoms with E-state index in [1.54, 1.807) is 0 Å². The molecule has 0 heterocycles. The van der Waals surface area contributed by atoms with Gasteiger partial charge in [-0.2, -0.15) is 0 Å². The molecule has 2 aromatic carbocycles. The van der Waals surface area contributed by atoms with Crippen LogP contribution in [0.15, 0.2) is 48.5 Å². The van der Waals surface area contributed by atoms with Crippen LogP contribution in [0.2, 0.25) is 0 Å². The Balaban J connectivity index is 2.05. The van der Waals surface area contributed by atoms with Crippen LogP contribution in [0.5, 0.6) is 0 Å². The molecule has 0 aromatic heterocycles. The Morgan fingerprint density at radius 1 is 0.750 bits per heavy atom. The topological polar surface area (TPSA) is 24.1 Å². The molecule has 0 unspecified atom stereocenters. The van der Waals surface area contributed by atoms with Crippen molar-refractivity contribution in [2.75, 3.05) is 7.05 Å². The van der Waals surface area contributed by atoms with Gasteiger partial charge >= 0.3 is 0 Å². The molecular weight excluding hydrogens is 244 g/mol. The van der Waals surface area contributed by atoms with Gasteiger partial charge in [-0.1, -0.05) is 62.4 Å². The van der Waals surface area contributed by atoms with Gasteiger partial charge < -0.3 is 10.6 Å². The number of hydrogen-bond acceptors (Lipinski definition) is 2. The van der Waals surface area contributed by atoms with Gasteiger partial charge in [0.1, 0.15) is 0 Å². The number of benzene rings is 2. The largest absolute Gasteiger partial charge is 0.316 e. The van der Waals surface area contributed by atoms with E-state index >= 15 is 0 Å². The lowest BCUT2D eigenvalue weighted by molar-refractivity contribution is 0.589. The molecule has 0 fully saturated rings. The van der Waals surface area contributed by atoms with Gasteiger partial charge in [-0.05, 0) is 29.3 Å². The second-order valence-electron chi connectivity index (χ2n) is 5.46. The van der Waals surface area contributed by atoms with Crippen molar-refractivity contribution in [3.8, 4) is 11.1 Å². The van der Waals surface area contributed by atoms with Crippen LogP contribution in [0.1, 0.15) is 25.0 Å². The quantitative estimate of drug-likeness (QED) is 0.837. The summed E-state index contributed by atoms with van der Waals surface area (Å²) in [5.74, 6) is 0. The molecule has 0 spiro atoms. The predicted molar refractivity (Wildman–Crippen MR) is 86.6 cm³/mol. The summed E-state index contributed by atoms with van der Waals surface area (Å²) in [6, 6.07) is 18.1. The van der Waals surface area contributed by atoms with Crippen LogP contribution in [-0.2, 0) is 13.1 Å². The van der Waals surface area contributed by atoms with E-state index < -0.39 is 0 Å². The van der Waals surface area contributed by atoms with Gasteiger partial charge in [-0.25, -0.2) is 0 Å². The summed E-state index contributed by atoms with van der Waals surface area (Å²) in [5, 5.41) is 6.60. The van der Waals surface area contributed by atoms with Crippen LogP contribution in [0.4, 0.5) is 0 Å². The smallest absolute Gasteiger partial charge is 0.0207 e. The van der Waals surface area contributed by atoms with Crippen LogP contribution in [-0.4, -0.2) is 13.1 Å². The van der Waals surface area contributed by atoms with Crippen molar-refractivity contribution in [1.82, 2.24) is 10.6 Å². The van der Waals surface area contributed by atoms with Gasteiger partial charge in [0.05, 0.1) is 0 Å². The van der Waals surface area contributed by atoms with Gasteiger partial charge in [0.2, 0.25) is 0 Å². The molecule has 2 N–H and O–H groups in total. The van der Waals surface area contributed by atoms with Gasteiger partial charge in [0.25, 0.3) is 0 Å². The van der Waals surface area contributed by atoms with Crippen LogP contribution < -0.4 is 10.6 Å². The van der Waals surface area contributed by atoms with Gasteiger partial charge in [0.15, 0.2) is 0 Å². The molecule has 0 saturated heterocycles. The van der Waals surface area contributed by atoms with Crippen molar-refractivity contribution >= 4 is 0 Å². The molecule has 0 bridgehead atoms. The number of hydrogen-bond donors (Lipinski definition) is 2. The molecule has 0 saturated carbocycles. The standard InChI is InChI=1S/C18H24N2/c1-14(2)20-13-16-6-10-18(11-7-16)17-8-4-15(5-9-17)12-19-3/h4-11,14,19-20H,12-13H2,1-3H3. The highest BCUT2D eigenvalue weighted by molar-refractivity contribution is 5.63. The second kappa shape index (κ2) is 7.22. The van der Waals surface area contributed by atoms with Crippen molar-refractivity contribution in [3.05, 3.63) is 59.7 Å².